The highest BCUT2D eigenvalue weighted by Gasteiger charge is 2.12. The molecule has 0 spiro atoms. The highest BCUT2D eigenvalue weighted by molar-refractivity contribution is 6.06. The van der Waals surface area contributed by atoms with E-state index in [9.17, 15) is 24.2 Å². The number of benzene rings is 4. The van der Waals surface area contributed by atoms with Gasteiger partial charge < -0.3 is 38.7 Å². The lowest BCUT2D eigenvalue weighted by atomic mass is 10.0. The Balaban J connectivity index is 0.000000175. The van der Waals surface area contributed by atoms with Gasteiger partial charge in [-0.1, -0.05) is 11.8 Å². The van der Waals surface area contributed by atoms with Crippen LogP contribution < -0.4 is 16.0 Å². The molecule has 0 aliphatic rings. The van der Waals surface area contributed by atoms with E-state index in [0.29, 0.717) is 40.7 Å². The van der Waals surface area contributed by atoms with E-state index in [1.54, 1.807) is 36.4 Å². The normalized spacial score (nSPS) is 10.9. The van der Waals surface area contributed by atoms with Crippen LogP contribution in [-0.4, -0.2) is 53.5 Å². The molecule has 0 radical (unpaired) electrons. The largest absolute Gasteiger partial charge is 0.508 e. The summed E-state index contributed by atoms with van der Waals surface area (Å²) in [5, 5.41) is 39.3. The van der Waals surface area contributed by atoms with Crippen molar-refractivity contribution in [2.24, 2.45) is 0 Å². The Morgan fingerprint density at radius 3 is 1.93 bits per heavy atom. The van der Waals surface area contributed by atoms with Crippen LogP contribution in [0.3, 0.4) is 0 Å². The minimum atomic E-state index is -0.691. The van der Waals surface area contributed by atoms with Gasteiger partial charge in [-0.2, -0.15) is 0 Å². The number of phenols is 2. The number of ether oxygens (including phenoxy) is 2. The predicted octanol–water partition coefficient (Wildman–Crippen LogP) is 4.17. The molecular weight excluding hydrogens is 575 g/mol. The fourth-order valence-corrected chi connectivity index (χ4v) is 4.54. The molecule has 0 amide bonds. The van der Waals surface area contributed by atoms with E-state index in [-0.39, 0.29) is 47.9 Å². The molecule has 2 heterocycles. The molecule has 4 N–H and O–H groups in total. The van der Waals surface area contributed by atoms with Crippen LogP contribution in [0.1, 0.15) is 5.56 Å². The summed E-state index contributed by atoms with van der Waals surface area (Å²) in [5.41, 5.74) is -0.547. The Morgan fingerprint density at radius 1 is 0.682 bits per heavy atom. The fourth-order valence-electron chi connectivity index (χ4n) is 4.54. The number of aromatic hydroxyl groups is 2. The maximum absolute atomic E-state index is 13.9. The van der Waals surface area contributed by atoms with Gasteiger partial charge in [0.05, 0.1) is 36.2 Å². The van der Waals surface area contributed by atoms with E-state index in [1.165, 1.54) is 24.3 Å². The molecule has 6 rings (SSSR count). The van der Waals surface area contributed by atoms with Gasteiger partial charge in [0.2, 0.25) is 0 Å². The molecule has 0 aliphatic heterocycles. The first-order valence-electron chi connectivity index (χ1n) is 13.3. The number of hydrogen-bond donors (Lipinski definition) is 4. The molecule has 4 aromatic carbocycles. The number of hydrogen-bond acceptors (Lipinski definition) is 10. The smallest absolute Gasteiger partial charge is 0.344 e. The Kier molecular flexibility index (Phi) is 9.06. The third-order valence-electron chi connectivity index (χ3n) is 6.49. The minimum absolute atomic E-state index is 0.0281. The van der Waals surface area contributed by atoms with Gasteiger partial charge in [-0.25, -0.2) is 14.0 Å². The van der Waals surface area contributed by atoms with Crippen molar-refractivity contribution in [2.45, 2.75) is 0 Å². The first-order valence-corrected chi connectivity index (χ1v) is 13.3. The fraction of sp³-hybridized carbons (Fsp3) is 0.152. The molecule has 224 valence electrons. The molecule has 44 heavy (non-hydrogen) atoms. The van der Waals surface area contributed by atoms with Crippen LogP contribution in [0.25, 0.3) is 43.5 Å². The average Bonchev–Trinajstić information content (AvgIpc) is 3.00. The number of aliphatic hydroxyl groups excluding tert-OH is 2. The Morgan fingerprint density at radius 2 is 1.30 bits per heavy atom. The molecule has 0 fully saturated rings. The van der Waals surface area contributed by atoms with Crippen molar-refractivity contribution < 1.29 is 43.1 Å². The van der Waals surface area contributed by atoms with Gasteiger partial charge in [0.15, 0.2) is 0 Å². The van der Waals surface area contributed by atoms with E-state index in [0.717, 1.165) is 16.8 Å². The van der Waals surface area contributed by atoms with Crippen LogP contribution in [0.5, 0.6) is 17.2 Å². The van der Waals surface area contributed by atoms with Crippen LogP contribution in [0.4, 0.5) is 4.39 Å². The molecule has 11 heteroatoms. The maximum atomic E-state index is 13.9. The molecule has 6 aromatic rings. The minimum Gasteiger partial charge on any atom is -0.508 e. The second kappa shape index (κ2) is 13.3. The SMILES string of the molecule is O=c1oc2cc(O)ccc2c2cc(C#CCO)c(F)cc12.O=c1oc2cc(O)ccc2c2ccc(OCCOCCO)cc12. The molecule has 10 nitrogen and oxygen atoms in total. The van der Waals surface area contributed by atoms with Crippen LogP contribution in [-0.2, 0) is 4.74 Å². The third kappa shape index (κ3) is 6.48. The van der Waals surface area contributed by atoms with Gasteiger partial charge >= 0.3 is 11.3 Å². The van der Waals surface area contributed by atoms with Crippen molar-refractivity contribution in [1.29, 1.82) is 0 Å². The molecule has 0 atom stereocenters. The molecule has 2 aromatic heterocycles. The number of rotatable bonds is 6. The van der Waals surface area contributed by atoms with Crippen LogP contribution in [0.15, 0.2) is 85.2 Å². The van der Waals surface area contributed by atoms with Crippen molar-refractivity contribution in [3.05, 3.63) is 99.0 Å². The monoisotopic (exact) mass is 600 g/mol. The summed E-state index contributed by atoms with van der Waals surface area (Å²) in [6.07, 6.45) is 0. The van der Waals surface area contributed by atoms with Gasteiger partial charge in [0, 0.05) is 33.7 Å². The Bertz CT molecular complexity index is 2170. The highest BCUT2D eigenvalue weighted by atomic mass is 19.1. The quantitative estimate of drug-likeness (QED) is 0.0946. The molecule has 0 unspecified atom stereocenters. The number of aliphatic hydroxyl groups is 2. The zero-order valence-corrected chi connectivity index (χ0v) is 23.0. The first-order chi connectivity index (χ1) is 21.3. The third-order valence-corrected chi connectivity index (χ3v) is 6.49. The topological polar surface area (TPSA) is 160 Å². The van der Waals surface area contributed by atoms with Gasteiger partial charge in [-0.3, -0.25) is 0 Å². The van der Waals surface area contributed by atoms with Crippen LogP contribution >= 0.6 is 0 Å². The summed E-state index contributed by atoms with van der Waals surface area (Å²) in [5.74, 6) is 4.75. The molecule has 0 bridgehead atoms. The molecule has 0 saturated heterocycles. The van der Waals surface area contributed by atoms with Crippen LogP contribution in [0, 0.1) is 17.7 Å². The standard InChI is InChI=1S/C17H16O6.C16H9FO4/c18-5-6-21-7-8-22-12-2-4-13-14-3-1-11(19)9-16(14)23-17(20)15(13)10-12;17-14-8-13-12(6-9(14)2-1-5-18)11-4-3-10(19)7-15(11)21-16(13)20/h1-4,9-10,18-19H,5-8H2;3-4,6-8,18-19H,5H2. The lowest BCUT2D eigenvalue weighted by Gasteiger charge is -2.08. The lowest BCUT2D eigenvalue weighted by Crippen LogP contribution is -2.09. The summed E-state index contributed by atoms with van der Waals surface area (Å²) >= 11 is 0. The summed E-state index contributed by atoms with van der Waals surface area (Å²) < 4.78 is 34.8. The summed E-state index contributed by atoms with van der Waals surface area (Å²) in [4.78, 5) is 24.0. The van der Waals surface area contributed by atoms with Crippen molar-refractivity contribution in [2.75, 3.05) is 33.0 Å². The van der Waals surface area contributed by atoms with Gasteiger partial charge in [-0.15, -0.1) is 0 Å². The van der Waals surface area contributed by atoms with Gasteiger partial charge in [0.1, 0.15) is 47.4 Å². The van der Waals surface area contributed by atoms with E-state index in [4.69, 9.17) is 28.5 Å². The average molecular weight is 601 g/mol. The second-order valence-corrected chi connectivity index (χ2v) is 9.37. The number of fused-ring (bicyclic) bond motifs is 6. The van der Waals surface area contributed by atoms with Crippen molar-refractivity contribution in [3.63, 3.8) is 0 Å². The first kappa shape index (κ1) is 30.1. The zero-order valence-electron chi connectivity index (χ0n) is 23.0. The molecule has 0 aliphatic carbocycles. The zero-order chi connectivity index (χ0) is 31.2. The number of phenolic OH excluding ortho intramolecular Hbond substituents is 2. The van der Waals surface area contributed by atoms with Gasteiger partial charge in [-0.05, 0) is 54.6 Å². The predicted molar refractivity (Wildman–Crippen MR) is 161 cm³/mol. The highest BCUT2D eigenvalue weighted by Crippen LogP contribution is 2.29. The van der Waals surface area contributed by atoms with Gasteiger partial charge in [0.25, 0.3) is 0 Å². The van der Waals surface area contributed by atoms with Crippen molar-refractivity contribution >= 4 is 43.5 Å². The summed E-state index contributed by atoms with van der Waals surface area (Å²) in [6.45, 7) is 0.522. The molecular formula is C33H25FO10. The maximum Gasteiger partial charge on any atom is 0.344 e. The van der Waals surface area contributed by atoms with E-state index in [1.807, 2.05) is 0 Å². The van der Waals surface area contributed by atoms with E-state index < -0.39 is 17.1 Å². The summed E-state index contributed by atoms with van der Waals surface area (Å²) in [7, 11) is 0. The Hall–Kier alpha value is -5.41. The molecule has 0 saturated carbocycles. The number of halogens is 1. The van der Waals surface area contributed by atoms with E-state index >= 15 is 0 Å². The van der Waals surface area contributed by atoms with Crippen LogP contribution in [0.2, 0.25) is 0 Å². The van der Waals surface area contributed by atoms with Crippen molar-refractivity contribution in [3.8, 4) is 29.1 Å². The second-order valence-electron chi connectivity index (χ2n) is 9.37. The Labute approximate surface area is 247 Å². The van der Waals surface area contributed by atoms with Crippen molar-refractivity contribution in [1.82, 2.24) is 0 Å². The lowest BCUT2D eigenvalue weighted by molar-refractivity contribution is 0.0705. The summed E-state index contributed by atoms with van der Waals surface area (Å²) in [6, 6.07) is 16.7. The van der Waals surface area contributed by atoms with E-state index in [2.05, 4.69) is 11.8 Å².